The summed E-state index contributed by atoms with van der Waals surface area (Å²) in [5, 5.41) is 13.0. The van der Waals surface area contributed by atoms with E-state index in [0.29, 0.717) is 18.1 Å². The maximum atomic E-state index is 9.15. The van der Waals surface area contributed by atoms with E-state index < -0.39 is 0 Å². The van der Waals surface area contributed by atoms with Crippen LogP contribution in [0, 0.1) is 6.92 Å². The molecule has 0 saturated heterocycles. The third-order valence-electron chi connectivity index (χ3n) is 3.31. The minimum absolute atomic E-state index is 0.135. The zero-order chi connectivity index (χ0) is 14.8. The first-order valence-corrected chi connectivity index (χ1v) is 7.84. The number of nitrogens with zero attached hydrogens (tertiary/aromatic N) is 1. The van der Waals surface area contributed by atoms with Gasteiger partial charge in [0.2, 0.25) is 0 Å². The Labute approximate surface area is 131 Å². The second-order valence-electron chi connectivity index (χ2n) is 4.73. The monoisotopic (exact) mass is 322 g/mol. The number of aliphatic hydroxyl groups is 1. The fourth-order valence-electron chi connectivity index (χ4n) is 2.26. The number of aryl methyl sites for hydroxylation is 1. The largest absolute Gasteiger partial charge is 0.467 e. The van der Waals surface area contributed by atoms with Gasteiger partial charge < -0.3 is 14.8 Å². The molecule has 3 heterocycles. The predicted octanol–water partition coefficient (Wildman–Crippen LogP) is 4.00. The highest BCUT2D eigenvalue weighted by Crippen LogP contribution is 2.36. The number of fused-ring (bicyclic) bond motifs is 1. The van der Waals surface area contributed by atoms with Crippen LogP contribution in [0.3, 0.4) is 0 Å². The fourth-order valence-corrected chi connectivity index (χ4v) is 3.68. The molecule has 0 fully saturated rings. The minimum Gasteiger partial charge on any atom is -0.467 e. The molecule has 6 heteroatoms. The van der Waals surface area contributed by atoms with Crippen LogP contribution in [0.25, 0.3) is 10.2 Å². The van der Waals surface area contributed by atoms with Gasteiger partial charge in [0.25, 0.3) is 0 Å². The van der Waals surface area contributed by atoms with Gasteiger partial charge in [-0.25, -0.2) is 4.98 Å². The first-order valence-electron chi connectivity index (χ1n) is 6.64. The lowest BCUT2D eigenvalue weighted by molar-refractivity contribution is 0.300. The van der Waals surface area contributed by atoms with Crippen molar-refractivity contribution in [1.82, 2.24) is 4.98 Å². The van der Waals surface area contributed by atoms with E-state index in [-0.39, 0.29) is 6.61 Å². The first-order chi connectivity index (χ1) is 10.2. The zero-order valence-corrected chi connectivity index (χ0v) is 13.1. The lowest BCUT2D eigenvalue weighted by Gasteiger charge is -2.06. The van der Waals surface area contributed by atoms with Crippen LogP contribution in [-0.4, -0.2) is 16.7 Å². The number of rotatable bonds is 5. The molecule has 0 aliphatic rings. The fraction of sp³-hybridized carbons (Fsp3) is 0.267. The number of hydrogen-bond donors (Lipinski definition) is 2. The molecule has 0 bridgehead atoms. The van der Waals surface area contributed by atoms with Gasteiger partial charge in [0.1, 0.15) is 10.9 Å². The number of aliphatic hydroxyl groups excluding tert-OH is 1. The van der Waals surface area contributed by atoms with Gasteiger partial charge in [0.15, 0.2) is 0 Å². The third-order valence-corrected chi connectivity index (χ3v) is 4.88. The lowest BCUT2D eigenvalue weighted by Crippen LogP contribution is -1.98. The van der Waals surface area contributed by atoms with Crippen molar-refractivity contribution in [3.63, 3.8) is 0 Å². The Kier molecular flexibility index (Phi) is 4.14. The highest BCUT2D eigenvalue weighted by Gasteiger charge is 2.14. The number of aromatic nitrogens is 1. The maximum absolute atomic E-state index is 9.15. The molecule has 0 amide bonds. The average molecular weight is 323 g/mol. The Bertz CT molecular complexity index is 753. The minimum atomic E-state index is 0.135. The van der Waals surface area contributed by atoms with E-state index >= 15 is 0 Å². The molecule has 4 nitrogen and oxygen atoms in total. The van der Waals surface area contributed by atoms with Crippen LogP contribution >= 0.6 is 22.9 Å². The van der Waals surface area contributed by atoms with Gasteiger partial charge >= 0.3 is 0 Å². The molecule has 0 aromatic carbocycles. The molecule has 0 atom stereocenters. The molecule has 2 N–H and O–H groups in total. The summed E-state index contributed by atoms with van der Waals surface area (Å²) in [5.41, 5.74) is 2.93. The molecule has 0 unspecified atom stereocenters. The summed E-state index contributed by atoms with van der Waals surface area (Å²) < 4.78 is 6.39. The Morgan fingerprint density at radius 3 is 3.05 bits per heavy atom. The molecule has 3 aromatic heterocycles. The van der Waals surface area contributed by atoms with Gasteiger partial charge in [-0.2, -0.15) is 0 Å². The zero-order valence-electron chi connectivity index (χ0n) is 11.5. The molecular weight excluding hydrogens is 308 g/mol. The van der Waals surface area contributed by atoms with Gasteiger partial charge in [-0.3, -0.25) is 0 Å². The van der Waals surface area contributed by atoms with Gasteiger partial charge in [-0.1, -0.05) is 11.6 Å². The maximum Gasteiger partial charge on any atom is 0.131 e. The standard InChI is InChI=1S/C15H15ClN2O2S/c1-9-12(4-5-19)21-15-11(7-13(16)18-14(9)15)17-8-10-3-2-6-20-10/h2-3,6-7,19H,4-5,8H2,1H3,(H,17,18). The highest BCUT2D eigenvalue weighted by atomic mass is 35.5. The Morgan fingerprint density at radius 2 is 2.33 bits per heavy atom. The molecule has 0 radical (unpaired) electrons. The van der Waals surface area contributed by atoms with Crippen molar-refractivity contribution in [2.24, 2.45) is 0 Å². The van der Waals surface area contributed by atoms with Gasteiger partial charge in [0, 0.05) is 24.0 Å². The molecular formula is C15H15ClN2O2S. The van der Waals surface area contributed by atoms with Crippen LogP contribution in [0.4, 0.5) is 5.69 Å². The molecule has 110 valence electrons. The summed E-state index contributed by atoms with van der Waals surface area (Å²) >= 11 is 7.77. The van der Waals surface area contributed by atoms with Gasteiger partial charge in [0.05, 0.1) is 28.7 Å². The second-order valence-corrected chi connectivity index (χ2v) is 6.22. The van der Waals surface area contributed by atoms with Crippen molar-refractivity contribution in [1.29, 1.82) is 0 Å². The molecule has 21 heavy (non-hydrogen) atoms. The van der Waals surface area contributed by atoms with E-state index in [2.05, 4.69) is 10.3 Å². The molecule has 3 rings (SSSR count). The smallest absolute Gasteiger partial charge is 0.131 e. The van der Waals surface area contributed by atoms with E-state index in [1.807, 2.05) is 25.1 Å². The van der Waals surface area contributed by atoms with Crippen molar-refractivity contribution in [3.05, 3.63) is 45.8 Å². The summed E-state index contributed by atoms with van der Waals surface area (Å²) in [6, 6.07) is 5.61. The lowest BCUT2D eigenvalue weighted by atomic mass is 10.2. The normalized spacial score (nSPS) is 11.2. The number of thiophene rings is 1. The van der Waals surface area contributed by atoms with Gasteiger partial charge in [-0.15, -0.1) is 11.3 Å². The number of furan rings is 1. The Morgan fingerprint density at radius 1 is 1.48 bits per heavy atom. The van der Waals surface area contributed by atoms with Crippen LogP contribution in [0.5, 0.6) is 0 Å². The topological polar surface area (TPSA) is 58.3 Å². The summed E-state index contributed by atoms with van der Waals surface area (Å²) in [7, 11) is 0. The first kappa shape index (κ1) is 14.4. The molecule has 3 aromatic rings. The number of nitrogens with one attached hydrogen (secondary N) is 1. The SMILES string of the molecule is Cc1c(CCO)sc2c(NCc3ccco3)cc(Cl)nc12. The van der Waals surface area contributed by atoms with Crippen LogP contribution in [0.1, 0.15) is 16.2 Å². The van der Waals surface area contributed by atoms with Crippen molar-refractivity contribution in [2.45, 2.75) is 19.9 Å². The molecule has 0 spiro atoms. The van der Waals surface area contributed by atoms with Crippen LogP contribution in [0.15, 0.2) is 28.9 Å². The van der Waals surface area contributed by atoms with Crippen LogP contribution in [-0.2, 0) is 13.0 Å². The summed E-state index contributed by atoms with van der Waals surface area (Å²) in [6.45, 7) is 2.74. The van der Waals surface area contributed by atoms with Crippen molar-refractivity contribution < 1.29 is 9.52 Å². The third kappa shape index (κ3) is 2.90. The number of anilines is 1. The van der Waals surface area contributed by atoms with E-state index in [4.69, 9.17) is 21.1 Å². The predicted molar refractivity (Wildman–Crippen MR) is 86.2 cm³/mol. The summed E-state index contributed by atoms with van der Waals surface area (Å²) in [6.07, 6.45) is 2.29. The molecule has 0 aliphatic carbocycles. The van der Waals surface area contributed by atoms with Crippen LogP contribution < -0.4 is 5.32 Å². The van der Waals surface area contributed by atoms with E-state index in [1.165, 1.54) is 0 Å². The van der Waals surface area contributed by atoms with Crippen molar-refractivity contribution in [3.8, 4) is 0 Å². The van der Waals surface area contributed by atoms with Crippen molar-refractivity contribution in [2.75, 3.05) is 11.9 Å². The molecule has 0 saturated carbocycles. The van der Waals surface area contributed by atoms with E-state index in [1.54, 1.807) is 17.6 Å². The number of halogens is 1. The quantitative estimate of drug-likeness (QED) is 0.697. The summed E-state index contributed by atoms with van der Waals surface area (Å²) in [5.74, 6) is 0.861. The summed E-state index contributed by atoms with van der Waals surface area (Å²) in [4.78, 5) is 5.56. The number of pyridine rings is 1. The average Bonchev–Trinajstić information content (AvgIpc) is 3.07. The second kappa shape index (κ2) is 6.05. The van der Waals surface area contributed by atoms with E-state index in [9.17, 15) is 0 Å². The van der Waals surface area contributed by atoms with E-state index in [0.717, 1.165) is 32.1 Å². The van der Waals surface area contributed by atoms with Crippen molar-refractivity contribution >= 4 is 38.8 Å². The molecule has 0 aliphatic heterocycles. The Hall–Kier alpha value is -1.56. The van der Waals surface area contributed by atoms with Crippen LogP contribution in [0.2, 0.25) is 5.15 Å². The Balaban J connectivity index is 1.98. The number of hydrogen-bond acceptors (Lipinski definition) is 5. The highest BCUT2D eigenvalue weighted by molar-refractivity contribution is 7.19. The van der Waals surface area contributed by atoms with Gasteiger partial charge in [-0.05, 0) is 24.6 Å².